The van der Waals surface area contributed by atoms with Crippen LogP contribution in [0.4, 0.5) is 5.69 Å². The van der Waals surface area contributed by atoms with E-state index >= 15 is 0 Å². The van der Waals surface area contributed by atoms with Gasteiger partial charge in [0.25, 0.3) is 0 Å². The predicted octanol–water partition coefficient (Wildman–Crippen LogP) is 3.71. The molecule has 0 fully saturated rings. The number of halogens is 1. The maximum Gasteiger partial charge on any atom is 0.0626 e. The average molecular weight is 285 g/mol. The van der Waals surface area contributed by atoms with Crippen molar-refractivity contribution < 1.29 is 0 Å². The molecule has 4 rings (SSSR count). The van der Waals surface area contributed by atoms with E-state index in [4.69, 9.17) is 11.6 Å². The molecule has 0 amide bonds. The van der Waals surface area contributed by atoms with E-state index in [0.717, 1.165) is 31.1 Å². The summed E-state index contributed by atoms with van der Waals surface area (Å²) in [4.78, 5) is 2.57. The van der Waals surface area contributed by atoms with Gasteiger partial charge >= 0.3 is 0 Å². The molecule has 1 atom stereocenters. The zero-order valence-corrected chi connectivity index (χ0v) is 12.0. The summed E-state index contributed by atoms with van der Waals surface area (Å²) in [6.07, 6.45) is 1.14. The topological polar surface area (TPSA) is 15.3 Å². The van der Waals surface area contributed by atoms with E-state index < -0.39 is 0 Å². The smallest absolute Gasteiger partial charge is 0.0626 e. The molecule has 1 unspecified atom stereocenters. The van der Waals surface area contributed by atoms with Gasteiger partial charge < -0.3 is 5.32 Å². The lowest BCUT2D eigenvalue weighted by Crippen LogP contribution is -2.37. The summed E-state index contributed by atoms with van der Waals surface area (Å²) in [5.74, 6) is 0. The zero-order valence-electron chi connectivity index (χ0n) is 11.3. The van der Waals surface area contributed by atoms with Crippen molar-refractivity contribution in [1.29, 1.82) is 0 Å². The highest BCUT2D eigenvalue weighted by atomic mass is 35.5. The van der Waals surface area contributed by atoms with Gasteiger partial charge in [-0.25, -0.2) is 0 Å². The normalized spacial score (nSPS) is 21.1. The predicted molar refractivity (Wildman–Crippen MR) is 83.5 cm³/mol. The fourth-order valence-electron chi connectivity index (χ4n) is 3.48. The standard InChI is InChI=1S/C17H17ClN2/c18-13-5-6-16-15(11-13)17-14-4-2-1-3-12(14)7-9-20(17)10-8-19-16/h1-6,11,17,19H,7-10H2. The maximum atomic E-state index is 6.24. The third-order valence-electron chi connectivity index (χ3n) is 4.41. The fraction of sp³-hybridized carbons (Fsp3) is 0.294. The third kappa shape index (κ3) is 1.91. The van der Waals surface area contributed by atoms with E-state index in [-0.39, 0.29) is 0 Å². The highest BCUT2D eigenvalue weighted by Crippen LogP contribution is 2.40. The molecule has 2 nitrogen and oxygen atoms in total. The SMILES string of the molecule is Clc1ccc2c(c1)C1c3ccccc3CCN1CCN2. The Morgan fingerprint density at radius 1 is 1.05 bits per heavy atom. The number of nitrogens with zero attached hydrogens (tertiary/aromatic N) is 1. The minimum atomic E-state index is 0.337. The quantitative estimate of drug-likeness (QED) is 0.793. The number of hydrogen-bond donors (Lipinski definition) is 1. The number of nitrogens with one attached hydrogen (secondary N) is 1. The van der Waals surface area contributed by atoms with Gasteiger partial charge in [-0.15, -0.1) is 0 Å². The number of hydrogen-bond acceptors (Lipinski definition) is 2. The van der Waals surface area contributed by atoms with E-state index in [1.54, 1.807) is 0 Å². The number of rotatable bonds is 0. The van der Waals surface area contributed by atoms with Crippen LogP contribution in [0.15, 0.2) is 42.5 Å². The second kappa shape index (κ2) is 4.80. The van der Waals surface area contributed by atoms with Crippen molar-refractivity contribution in [2.75, 3.05) is 25.0 Å². The molecule has 102 valence electrons. The van der Waals surface area contributed by atoms with Crippen molar-refractivity contribution in [3.63, 3.8) is 0 Å². The summed E-state index contributed by atoms with van der Waals surface area (Å²) in [6.45, 7) is 3.19. The Balaban J connectivity index is 1.92. The minimum Gasteiger partial charge on any atom is -0.383 e. The van der Waals surface area contributed by atoms with E-state index in [1.807, 2.05) is 6.07 Å². The molecule has 2 heterocycles. The van der Waals surface area contributed by atoms with Crippen LogP contribution in [-0.4, -0.2) is 24.5 Å². The minimum absolute atomic E-state index is 0.337. The zero-order chi connectivity index (χ0) is 13.5. The molecule has 20 heavy (non-hydrogen) atoms. The van der Waals surface area contributed by atoms with Crippen LogP contribution in [0.2, 0.25) is 5.02 Å². The lowest BCUT2D eigenvalue weighted by Gasteiger charge is -2.36. The van der Waals surface area contributed by atoms with Gasteiger partial charge in [-0.05, 0) is 41.3 Å². The van der Waals surface area contributed by atoms with Gasteiger partial charge in [0.1, 0.15) is 0 Å². The van der Waals surface area contributed by atoms with Crippen LogP contribution in [0.3, 0.4) is 0 Å². The molecule has 2 aromatic carbocycles. The van der Waals surface area contributed by atoms with Crippen molar-refractivity contribution in [2.45, 2.75) is 12.5 Å². The van der Waals surface area contributed by atoms with Gasteiger partial charge in [-0.2, -0.15) is 0 Å². The Morgan fingerprint density at radius 2 is 1.95 bits per heavy atom. The Hall–Kier alpha value is -1.51. The Labute approximate surface area is 124 Å². The number of anilines is 1. The van der Waals surface area contributed by atoms with E-state index in [0.29, 0.717) is 6.04 Å². The first-order valence-corrected chi connectivity index (χ1v) is 7.56. The van der Waals surface area contributed by atoms with Crippen LogP contribution in [0.1, 0.15) is 22.7 Å². The molecule has 2 aliphatic heterocycles. The second-order valence-corrected chi connectivity index (χ2v) is 5.98. The highest BCUT2D eigenvalue weighted by Gasteiger charge is 2.31. The largest absolute Gasteiger partial charge is 0.383 e. The first kappa shape index (κ1) is 12.2. The van der Waals surface area contributed by atoms with Crippen LogP contribution in [0.5, 0.6) is 0 Å². The van der Waals surface area contributed by atoms with Crippen molar-refractivity contribution >= 4 is 17.3 Å². The molecule has 0 spiro atoms. The van der Waals surface area contributed by atoms with Crippen molar-refractivity contribution in [2.24, 2.45) is 0 Å². The second-order valence-electron chi connectivity index (χ2n) is 5.55. The summed E-state index contributed by atoms with van der Waals surface area (Å²) in [6, 6.07) is 15.3. The van der Waals surface area contributed by atoms with E-state index in [1.165, 1.54) is 22.4 Å². The van der Waals surface area contributed by atoms with E-state index in [2.05, 4.69) is 46.6 Å². The maximum absolute atomic E-state index is 6.24. The number of fused-ring (bicyclic) bond motifs is 5. The monoisotopic (exact) mass is 284 g/mol. The molecule has 0 saturated heterocycles. The van der Waals surface area contributed by atoms with Crippen LogP contribution in [0.25, 0.3) is 0 Å². The van der Waals surface area contributed by atoms with Crippen LogP contribution in [0, 0.1) is 0 Å². The first-order valence-electron chi connectivity index (χ1n) is 7.18. The summed E-state index contributed by atoms with van der Waals surface area (Å²) in [5.41, 5.74) is 5.44. The molecule has 2 aliphatic rings. The number of benzene rings is 2. The molecular weight excluding hydrogens is 268 g/mol. The highest BCUT2D eigenvalue weighted by molar-refractivity contribution is 6.30. The van der Waals surface area contributed by atoms with Gasteiger partial charge in [0, 0.05) is 30.3 Å². The third-order valence-corrected chi connectivity index (χ3v) is 4.64. The van der Waals surface area contributed by atoms with Gasteiger partial charge in [0.05, 0.1) is 6.04 Å². The molecule has 0 saturated carbocycles. The van der Waals surface area contributed by atoms with Gasteiger partial charge in [-0.3, -0.25) is 4.90 Å². The molecule has 2 aromatic rings. The van der Waals surface area contributed by atoms with Gasteiger partial charge in [-0.1, -0.05) is 35.9 Å². The van der Waals surface area contributed by atoms with Crippen molar-refractivity contribution in [3.05, 3.63) is 64.2 Å². The van der Waals surface area contributed by atoms with Crippen LogP contribution < -0.4 is 5.32 Å². The summed E-state index contributed by atoms with van der Waals surface area (Å²) in [5, 5.41) is 4.35. The molecule has 0 aliphatic carbocycles. The summed E-state index contributed by atoms with van der Waals surface area (Å²) in [7, 11) is 0. The summed E-state index contributed by atoms with van der Waals surface area (Å²) < 4.78 is 0. The average Bonchev–Trinajstić information content (AvgIpc) is 2.66. The van der Waals surface area contributed by atoms with Crippen LogP contribution >= 0.6 is 11.6 Å². The molecule has 0 aromatic heterocycles. The van der Waals surface area contributed by atoms with Crippen LogP contribution in [-0.2, 0) is 6.42 Å². The van der Waals surface area contributed by atoms with Crippen molar-refractivity contribution in [3.8, 4) is 0 Å². The Morgan fingerprint density at radius 3 is 2.90 bits per heavy atom. The summed E-state index contributed by atoms with van der Waals surface area (Å²) >= 11 is 6.24. The molecule has 0 radical (unpaired) electrons. The lowest BCUT2D eigenvalue weighted by molar-refractivity contribution is 0.226. The Bertz CT molecular complexity index is 653. The van der Waals surface area contributed by atoms with Gasteiger partial charge in [0.15, 0.2) is 0 Å². The molecule has 1 N–H and O–H groups in total. The van der Waals surface area contributed by atoms with Gasteiger partial charge in [0.2, 0.25) is 0 Å². The molecular formula is C17H17ClN2. The molecule has 0 bridgehead atoms. The first-order chi connectivity index (χ1) is 9.83. The lowest BCUT2D eigenvalue weighted by atomic mass is 9.88. The molecule has 3 heteroatoms. The van der Waals surface area contributed by atoms with Crippen molar-refractivity contribution in [1.82, 2.24) is 4.90 Å². The Kier molecular flexibility index (Phi) is 2.94. The van der Waals surface area contributed by atoms with E-state index in [9.17, 15) is 0 Å². The fourth-order valence-corrected chi connectivity index (χ4v) is 3.66.